The maximum absolute atomic E-state index is 11.1. The number of ketones is 1. The Morgan fingerprint density at radius 3 is 3.25 bits per heavy atom. The molecule has 0 saturated carbocycles. The third kappa shape index (κ3) is 1.05. The topological polar surface area (TPSA) is 34.9 Å². The summed E-state index contributed by atoms with van der Waals surface area (Å²) in [6.07, 6.45) is 4.04. The number of aromatic nitrogens is 2. The van der Waals surface area contributed by atoms with Gasteiger partial charge in [0.25, 0.3) is 0 Å². The Morgan fingerprint density at radius 2 is 2.50 bits per heavy atom. The molecule has 0 unspecified atom stereocenters. The van der Waals surface area contributed by atoms with E-state index in [0.717, 1.165) is 24.5 Å². The molecule has 0 atom stereocenters. The average molecular weight is 164 g/mol. The van der Waals surface area contributed by atoms with Gasteiger partial charge >= 0.3 is 0 Å². The molecule has 1 aromatic heterocycles. The summed E-state index contributed by atoms with van der Waals surface area (Å²) in [5.74, 6) is 1.45. The van der Waals surface area contributed by atoms with Gasteiger partial charge in [-0.15, -0.1) is 0 Å². The van der Waals surface area contributed by atoms with Crippen molar-refractivity contribution in [3.63, 3.8) is 0 Å². The number of rotatable bonds is 1. The van der Waals surface area contributed by atoms with Gasteiger partial charge in [-0.2, -0.15) is 0 Å². The normalized spacial score (nSPS) is 16.2. The summed E-state index contributed by atoms with van der Waals surface area (Å²) in [6, 6.07) is 0. The molecule has 0 bridgehead atoms. The Morgan fingerprint density at radius 1 is 1.67 bits per heavy atom. The molecule has 0 aliphatic carbocycles. The van der Waals surface area contributed by atoms with Crippen LogP contribution in [0.15, 0.2) is 6.20 Å². The van der Waals surface area contributed by atoms with Gasteiger partial charge in [-0.1, -0.05) is 6.92 Å². The first-order chi connectivity index (χ1) is 5.81. The first-order valence-corrected chi connectivity index (χ1v) is 4.36. The molecule has 1 aliphatic rings. The van der Waals surface area contributed by atoms with Crippen LogP contribution in [0.5, 0.6) is 0 Å². The lowest BCUT2D eigenvalue weighted by Crippen LogP contribution is -2.19. The minimum absolute atomic E-state index is 0.338. The van der Waals surface area contributed by atoms with Gasteiger partial charge in [0.05, 0.1) is 0 Å². The lowest BCUT2D eigenvalue weighted by atomic mass is 10.1. The van der Waals surface area contributed by atoms with Gasteiger partial charge in [-0.3, -0.25) is 4.79 Å². The predicted octanol–water partition coefficient (Wildman–Crippen LogP) is 0.961. The second-order valence-electron chi connectivity index (χ2n) is 3.14. The van der Waals surface area contributed by atoms with E-state index in [2.05, 4.69) is 16.5 Å². The van der Waals surface area contributed by atoms with E-state index in [1.807, 2.05) is 6.20 Å². The van der Waals surface area contributed by atoms with Crippen LogP contribution in [0, 0.1) is 0 Å². The van der Waals surface area contributed by atoms with E-state index in [9.17, 15) is 4.79 Å². The molecule has 3 heteroatoms. The van der Waals surface area contributed by atoms with Crippen LogP contribution >= 0.6 is 0 Å². The maximum atomic E-state index is 11.1. The third-order valence-electron chi connectivity index (χ3n) is 2.33. The minimum Gasteiger partial charge on any atom is -0.331 e. The molecule has 64 valence electrons. The first-order valence-electron chi connectivity index (χ1n) is 4.36. The van der Waals surface area contributed by atoms with Crippen molar-refractivity contribution < 1.29 is 4.79 Å². The van der Waals surface area contributed by atoms with E-state index >= 15 is 0 Å². The fourth-order valence-corrected chi connectivity index (χ4v) is 1.68. The van der Waals surface area contributed by atoms with Crippen molar-refractivity contribution in [2.45, 2.75) is 32.7 Å². The number of imidazole rings is 1. The average Bonchev–Trinajstić information content (AvgIpc) is 2.46. The number of carbonyl (C=O) groups is 1. The Hall–Kier alpha value is -1.12. The summed E-state index contributed by atoms with van der Waals surface area (Å²) in [5.41, 5.74) is 1.09. The van der Waals surface area contributed by atoms with Gasteiger partial charge in [0.2, 0.25) is 0 Å². The van der Waals surface area contributed by atoms with Gasteiger partial charge in [0.15, 0.2) is 0 Å². The summed E-state index contributed by atoms with van der Waals surface area (Å²) >= 11 is 0. The molecule has 2 rings (SSSR count). The molecule has 0 fully saturated rings. The molecule has 1 aliphatic heterocycles. The summed E-state index contributed by atoms with van der Waals surface area (Å²) < 4.78 is 2.17. The number of nitrogens with zero attached hydrogens (tertiary/aromatic N) is 2. The van der Waals surface area contributed by atoms with E-state index in [4.69, 9.17) is 0 Å². The molecule has 0 N–H and O–H groups in total. The summed E-state index contributed by atoms with van der Waals surface area (Å²) in [4.78, 5) is 15.3. The summed E-state index contributed by atoms with van der Waals surface area (Å²) in [7, 11) is 0. The molecule has 2 heterocycles. The second kappa shape index (κ2) is 2.73. The van der Waals surface area contributed by atoms with Crippen molar-refractivity contribution in [3.8, 4) is 0 Å². The quantitative estimate of drug-likeness (QED) is 0.619. The summed E-state index contributed by atoms with van der Waals surface area (Å²) in [5, 5.41) is 0. The first kappa shape index (κ1) is 7.53. The molecule has 1 aromatic rings. The van der Waals surface area contributed by atoms with E-state index in [1.165, 1.54) is 0 Å². The number of Topliss-reactive ketones (excluding diaryl/α,β-unsaturated/α-hetero) is 1. The van der Waals surface area contributed by atoms with Gasteiger partial charge in [-0.25, -0.2) is 4.98 Å². The Bertz CT molecular complexity index is 314. The zero-order valence-corrected chi connectivity index (χ0v) is 7.21. The van der Waals surface area contributed by atoms with Crippen molar-refractivity contribution in [3.05, 3.63) is 17.7 Å². The monoisotopic (exact) mass is 164 g/mol. The highest BCUT2D eigenvalue weighted by atomic mass is 16.1. The number of aryl methyl sites for hydroxylation is 1. The van der Waals surface area contributed by atoms with Crippen LogP contribution in [-0.2, 0) is 24.2 Å². The molecule has 0 spiro atoms. The lowest BCUT2D eigenvalue weighted by molar-refractivity contribution is -0.119. The molecule has 0 saturated heterocycles. The molecule has 0 aromatic carbocycles. The third-order valence-corrected chi connectivity index (χ3v) is 2.33. The van der Waals surface area contributed by atoms with E-state index in [1.54, 1.807) is 0 Å². The van der Waals surface area contributed by atoms with Crippen molar-refractivity contribution in [2.75, 3.05) is 0 Å². The van der Waals surface area contributed by atoms with Gasteiger partial charge in [0.1, 0.15) is 11.6 Å². The standard InChI is InChI=1S/C9H12N2O/c1-2-9-10-6-7-5-8(12)3-4-11(7)9/h6H,2-5H2,1H3. The molecule has 3 nitrogen and oxygen atoms in total. The smallest absolute Gasteiger partial charge is 0.140 e. The van der Waals surface area contributed by atoms with Crippen molar-refractivity contribution in [2.24, 2.45) is 0 Å². The lowest BCUT2D eigenvalue weighted by Gasteiger charge is -2.14. The van der Waals surface area contributed by atoms with Crippen molar-refractivity contribution >= 4 is 5.78 Å². The highest BCUT2D eigenvalue weighted by Crippen LogP contribution is 2.14. The SMILES string of the molecule is CCc1ncc2n1CCC(=O)C2. The zero-order chi connectivity index (χ0) is 8.55. The number of carbonyl (C=O) groups excluding carboxylic acids is 1. The van der Waals surface area contributed by atoms with Crippen molar-refractivity contribution in [1.29, 1.82) is 0 Å². The maximum Gasteiger partial charge on any atom is 0.140 e. The number of fused-ring (bicyclic) bond motifs is 1. The van der Waals surface area contributed by atoms with Gasteiger partial charge in [0, 0.05) is 37.7 Å². The van der Waals surface area contributed by atoms with Crippen LogP contribution < -0.4 is 0 Å². The van der Waals surface area contributed by atoms with Gasteiger partial charge < -0.3 is 4.57 Å². The van der Waals surface area contributed by atoms with Crippen LogP contribution in [0.3, 0.4) is 0 Å². The van der Waals surface area contributed by atoms with Gasteiger partial charge in [-0.05, 0) is 0 Å². The molecule has 0 amide bonds. The summed E-state index contributed by atoms with van der Waals surface area (Å²) in [6.45, 7) is 2.92. The fraction of sp³-hybridized carbons (Fsp3) is 0.556. The fourth-order valence-electron chi connectivity index (χ4n) is 1.68. The van der Waals surface area contributed by atoms with Crippen LogP contribution in [0.25, 0.3) is 0 Å². The van der Waals surface area contributed by atoms with Crippen molar-refractivity contribution in [1.82, 2.24) is 9.55 Å². The number of hydrogen-bond donors (Lipinski definition) is 0. The van der Waals surface area contributed by atoms with Crippen LogP contribution in [-0.4, -0.2) is 15.3 Å². The largest absolute Gasteiger partial charge is 0.331 e. The molecular weight excluding hydrogens is 152 g/mol. The molecular formula is C9H12N2O. The molecule has 12 heavy (non-hydrogen) atoms. The van der Waals surface area contributed by atoms with E-state index in [0.29, 0.717) is 18.6 Å². The number of hydrogen-bond acceptors (Lipinski definition) is 2. The van der Waals surface area contributed by atoms with Crippen LogP contribution in [0.4, 0.5) is 0 Å². The van der Waals surface area contributed by atoms with Crippen LogP contribution in [0.2, 0.25) is 0 Å². The zero-order valence-electron chi connectivity index (χ0n) is 7.21. The second-order valence-corrected chi connectivity index (χ2v) is 3.14. The van der Waals surface area contributed by atoms with Crippen LogP contribution in [0.1, 0.15) is 24.9 Å². The van der Waals surface area contributed by atoms with E-state index in [-0.39, 0.29) is 0 Å². The Labute approximate surface area is 71.4 Å². The minimum atomic E-state index is 0.338. The highest BCUT2D eigenvalue weighted by molar-refractivity contribution is 5.81. The molecule has 0 radical (unpaired) electrons. The van der Waals surface area contributed by atoms with E-state index < -0.39 is 0 Å². The Kier molecular flexibility index (Phi) is 1.71. The predicted molar refractivity (Wildman–Crippen MR) is 44.9 cm³/mol. The Balaban J connectivity index is 2.38. The highest BCUT2D eigenvalue weighted by Gasteiger charge is 2.17.